The van der Waals surface area contributed by atoms with E-state index in [1.165, 1.54) is 0 Å². The highest BCUT2D eigenvalue weighted by Gasteiger charge is 1.47. The molecule has 0 aromatic rings. The van der Waals surface area contributed by atoms with E-state index in [0.717, 1.165) is 0 Å². The van der Waals surface area contributed by atoms with E-state index in [4.69, 9.17) is 0 Å². The van der Waals surface area contributed by atoms with Crippen molar-refractivity contribution in [3.05, 3.63) is 37.5 Å². The maximum absolute atomic E-state index is 3.46. The van der Waals surface area contributed by atoms with Gasteiger partial charge in [-0.05, 0) is 0 Å². The van der Waals surface area contributed by atoms with Crippen molar-refractivity contribution in [3.63, 3.8) is 0 Å². The minimum Gasteiger partial charge on any atom is -0.0991 e. The molecule has 0 nitrogen and oxygen atoms in total. The Balaban J connectivity index is -0.000000105. The van der Waals surface area contributed by atoms with E-state index in [9.17, 15) is 0 Å². The molecule has 0 aromatic carbocycles. The van der Waals surface area contributed by atoms with Crippen LogP contribution in [0.15, 0.2) is 37.5 Å². The molecule has 0 saturated carbocycles. The monoisotopic (exact) mass is 140 g/mol. The van der Waals surface area contributed by atoms with E-state index in [0.29, 0.717) is 0 Å². The molecule has 10 heavy (non-hydrogen) atoms. The summed E-state index contributed by atoms with van der Waals surface area (Å²) >= 11 is 0. The lowest BCUT2D eigenvalue weighted by Crippen LogP contribution is -1.38. The van der Waals surface area contributed by atoms with Gasteiger partial charge in [0.2, 0.25) is 0 Å². The third kappa shape index (κ3) is 56.7. The molecular formula is C10H20. The quantitative estimate of drug-likeness (QED) is 0.509. The van der Waals surface area contributed by atoms with Crippen LogP contribution in [0.3, 0.4) is 0 Å². The Labute approximate surface area is 66.0 Å². The fourth-order valence-corrected chi connectivity index (χ4v) is 0.157. The fourth-order valence-electron chi connectivity index (χ4n) is 0.157. The van der Waals surface area contributed by atoms with Crippen LogP contribution in [0.5, 0.6) is 0 Å². The molecule has 0 spiro atoms. The lowest BCUT2D eigenvalue weighted by molar-refractivity contribution is 1.50. The minimum atomic E-state index is 1.71. The SMILES string of the molecule is C=C/C=C\C=C.CC.CC. The molecule has 0 heteroatoms. The van der Waals surface area contributed by atoms with E-state index in [2.05, 4.69) is 13.2 Å². The van der Waals surface area contributed by atoms with Gasteiger partial charge in [-0.2, -0.15) is 0 Å². The Kier molecular flexibility index (Phi) is 66.5. The lowest BCUT2D eigenvalue weighted by atomic mass is 10.5. The highest BCUT2D eigenvalue weighted by molar-refractivity contribution is 5.05. The smallest absolute Gasteiger partial charge is 0.0629 e. The normalized spacial score (nSPS) is 6.40. The van der Waals surface area contributed by atoms with Gasteiger partial charge in [0.15, 0.2) is 0 Å². The van der Waals surface area contributed by atoms with Crippen LogP contribution >= 0.6 is 0 Å². The molecule has 0 N–H and O–H groups in total. The molecule has 0 aliphatic carbocycles. The average molecular weight is 140 g/mol. The summed E-state index contributed by atoms with van der Waals surface area (Å²) in [5, 5.41) is 0. The Morgan fingerprint density at radius 1 is 0.700 bits per heavy atom. The van der Waals surface area contributed by atoms with Gasteiger partial charge in [0.25, 0.3) is 0 Å². The Hall–Kier alpha value is -0.780. The van der Waals surface area contributed by atoms with Crippen LogP contribution in [-0.4, -0.2) is 0 Å². The molecule has 0 aliphatic rings. The molecule has 0 bridgehead atoms. The third-order valence-corrected chi connectivity index (χ3v) is 0.383. The Morgan fingerprint density at radius 3 is 1.00 bits per heavy atom. The molecule has 0 atom stereocenters. The molecule has 0 aliphatic heterocycles. The zero-order valence-electron chi connectivity index (χ0n) is 7.72. The van der Waals surface area contributed by atoms with Crippen molar-refractivity contribution in [2.45, 2.75) is 27.7 Å². The molecule has 0 radical (unpaired) electrons. The second-order valence-electron chi connectivity index (χ2n) is 0.856. The summed E-state index contributed by atoms with van der Waals surface area (Å²) in [7, 11) is 0. The van der Waals surface area contributed by atoms with E-state index in [1.54, 1.807) is 12.2 Å². The maximum atomic E-state index is 3.46. The molecule has 0 aromatic heterocycles. The van der Waals surface area contributed by atoms with Gasteiger partial charge in [0.05, 0.1) is 0 Å². The molecule has 0 heterocycles. The van der Waals surface area contributed by atoms with Gasteiger partial charge < -0.3 is 0 Å². The van der Waals surface area contributed by atoms with Crippen molar-refractivity contribution in [1.29, 1.82) is 0 Å². The maximum Gasteiger partial charge on any atom is -0.0629 e. The van der Waals surface area contributed by atoms with Gasteiger partial charge in [-0.1, -0.05) is 65.2 Å². The Bertz CT molecular complexity index is 58.1. The van der Waals surface area contributed by atoms with Crippen LogP contribution in [0.1, 0.15) is 27.7 Å². The van der Waals surface area contributed by atoms with E-state index in [1.807, 2.05) is 39.8 Å². The van der Waals surface area contributed by atoms with E-state index in [-0.39, 0.29) is 0 Å². The minimum absolute atomic E-state index is 1.71. The molecular weight excluding hydrogens is 120 g/mol. The van der Waals surface area contributed by atoms with Crippen molar-refractivity contribution in [3.8, 4) is 0 Å². The summed E-state index contributed by atoms with van der Waals surface area (Å²) in [5.41, 5.74) is 0. The summed E-state index contributed by atoms with van der Waals surface area (Å²) in [5.74, 6) is 0. The first kappa shape index (κ1) is 16.1. The van der Waals surface area contributed by atoms with Crippen LogP contribution < -0.4 is 0 Å². The first-order chi connectivity index (χ1) is 4.91. The van der Waals surface area contributed by atoms with Gasteiger partial charge in [-0.25, -0.2) is 0 Å². The van der Waals surface area contributed by atoms with Gasteiger partial charge in [0, 0.05) is 0 Å². The topological polar surface area (TPSA) is 0 Å². The van der Waals surface area contributed by atoms with Gasteiger partial charge >= 0.3 is 0 Å². The van der Waals surface area contributed by atoms with Gasteiger partial charge in [-0.3, -0.25) is 0 Å². The highest BCUT2D eigenvalue weighted by atomic mass is 13.5. The average Bonchev–Trinajstić information content (AvgIpc) is 2.08. The van der Waals surface area contributed by atoms with E-state index < -0.39 is 0 Å². The van der Waals surface area contributed by atoms with Crippen molar-refractivity contribution in [2.75, 3.05) is 0 Å². The van der Waals surface area contributed by atoms with Crippen molar-refractivity contribution in [1.82, 2.24) is 0 Å². The van der Waals surface area contributed by atoms with Gasteiger partial charge in [-0.15, -0.1) is 0 Å². The first-order valence-corrected chi connectivity index (χ1v) is 3.82. The van der Waals surface area contributed by atoms with Crippen LogP contribution in [0.2, 0.25) is 0 Å². The second kappa shape index (κ2) is 41.3. The predicted molar refractivity (Wildman–Crippen MR) is 52.2 cm³/mol. The lowest BCUT2D eigenvalue weighted by Gasteiger charge is -1.60. The van der Waals surface area contributed by atoms with Crippen molar-refractivity contribution >= 4 is 0 Å². The molecule has 0 amide bonds. The fraction of sp³-hybridized carbons (Fsp3) is 0.400. The summed E-state index contributed by atoms with van der Waals surface area (Å²) in [4.78, 5) is 0. The van der Waals surface area contributed by atoms with Crippen LogP contribution in [0, 0.1) is 0 Å². The zero-order chi connectivity index (χ0) is 8.83. The third-order valence-electron chi connectivity index (χ3n) is 0.383. The zero-order valence-corrected chi connectivity index (χ0v) is 7.72. The van der Waals surface area contributed by atoms with Crippen molar-refractivity contribution in [2.24, 2.45) is 0 Å². The standard InChI is InChI=1S/C6H8.2C2H6/c1-3-5-6-4-2;2*1-2/h3-6H,1-2H2;2*1-2H3/b6-5-;;. The molecule has 0 unspecified atom stereocenters. The van der Waals surface area contributed by atoms with Crippen LogP contribution in [0.4, 0.5) is 0 Å². The number of allylic oxidation sites excluding steroid dienone is 4. The van der Waals surface area contributed by atoms with E-state index >= 15 is 0 Å². The summed E-state index contributed by atoms with van der Waals surface area (Å²) in [6.07, 6.45) is 7.07. The molecule has 0 rings (SSSR count). The second-order valence-corrected chi connectivity index (χ2v) is 0.856. The predicted octanol–water partition coefficient (Wildman–Crippen LogP) is 3.97. The van der Waals surface area contributed by atoms with Crippen molar-refractivity contribution < 1.29 is 0 Å². The number of hydrogen-bond acceptors (Lipinski definition) is 0. The number of hydrogen-bond donors (Lipinski definition) is 0. The molecule has 0 fully saturated rings. The largest absolute Gasteiger partial charge is 0.0991 e. The first-order valence-electron chi connectivity index (χ1n) is 3.82. The molecule has 0 saturated heterocycles. The van der Waals surface area contributed by atoms with Crippen LogP contribution in [-0.2, 0) is 0 Å². The highest BCUT2D eigenvalue weighted by Crippen LogP contribution is 1.69. The van der Waals surface area contributed by atoms with Gasteiger partial charge in [0.1, 0.15) is 0 Å². The van der Waals surface area contributed by atoms with Crippen LogP contribution in [0.25, 0.3) is 0 Å². The molecule has 60 valence electrons. The summed E-state index contributed by atoms with van der Waals surface area (Å²) in [6.45, 7) is 14.9. The summed E-state index contributed by atoms with van der Waals surface area (Å²) < 4.78 is 0. The summed E-state index contributed by atoms with van der Waals surface area (Å²) in [6, 6.07) is 0. The Morgan fingerprint density at radius 2 is 0.900 bits per heavy atom. The number of rotatable bonds is 2.